The first-order valence-electron chi connectivity index (χ1n) is 34.9. The van der Waals surface area contributed by atoms with Crippen LogP contribution in [0.2, 0.25) is 0 Å². The lowest BCUT2D eigenvalue weighted by Gasteiger charge is -2.18. The van der Waals surface area contributed by atoms with Gasteiger partial charge in [0.25, 0.3) is 0 Å². The van der Waals surface area contributed by atoms with Gasteiger partial charge >= 0.3 is 17.9 Å². The van der Waals surface area contributed by atoms with Crippen LogP contribution in [0.4, 0.5) is 0 Å². The molecule has 0 heterocycles. The van der Waals surface area contributed by atoms with Gasteiger partial charge in [0.15, 0.2) is 6.10 Å². The maximum atomic E-state index is 12.9. The molecule has 0 amide bonds. The minimum Gasteiger partial charge on any atom is -0.462 e. The van der Waals surface area contributed by atoms with Crippen LogP contribution in [0.3, 0.4) is 0 Å². The summed E-state index contributed by atoms with van der Waals surface area (Å²) in [4.78, 5) is 38.5. The molecule has 0 aromatic rings. The molecule has 0 rings (SSSR count). The van der Waals surface area contributed by atoms with Crippen LogP contribution in [0.5, 0.6) is 0 Å². The maximum Gasteiger partial charge on any atom is 0.306 e. The van der Waals surface area contributed by atoms with Crippen LogP contribution in [-0.2, 0) is 28.6 Å². The first-order valence-corrected chi connectivity index (χ1v) is 34.9. The van der Waals surface area contributed by atoms with E-state index in [0.717, 1.165) is 109 Å². The molecule has 470 valence electrons. The summed E-state index contributed by atoms with van der Waals surface area (Å²) in [5, 5.41) is 0. The molecule has 1 atom stereocenters. The predicted molar refractivity (Wildman–Crippen MR) is 357 cm³/mol. The van der Waals surface area contributed by atoms with Gasteiger partial charge in [-0.15, -0.1) is 0 Å². The highest BCUT2D eigenvalue weighted by molar-refractivity contribution is 5.71. The second kappa shape index (κ2) is 69.6. The van der Waals surface area contributed by atoms with Crippen LogP contribution in [0.25, 0.3) is 0 Å². The van der Waals surface area contributed by atoms with Gasteiger partial charge in [-0.2, -0.15) is 0 Å². The molecule has 82 heavy (non-hydrogen) atoms. The maximum absolute atomic E-state index is 12.9. The molecular weight excluding hydrogens is 1010 g/mol. The molecule has 0 spiro atoms. The van der Waals surface area contributed by atoms with Gasteiger partial charge in [0, 0.05) is 19.3 Å². The molecular formula is C76H130O6. The first-order chi connectivity index (χ1) is 40.5. The minimum atomic E-state index is -0.788. The topological polar surface area (TPSA) is 78.9 Å². The number of hydrogen-bond donors (Lipinski definition) is 0. The zero-order valence-electron chi connectivity index (χ0n) is 54.0. The molecule has 0 aromatic heterocycles. The second-order valence-corrected chi connectivity index (χ2v) is 23.1. The molecule has 0 N–H and O–H groups in total. The molecule has 0 saturated carbocycles. The van der Waals surface area contributed by atoms with Crippen molar-refractivity contribution < 1.29 is 28.6 Å². The number of unbranched alkanes of at least 4 members (excludes halogenated alkanes) is 34. The van der Waals surface area contributed by atoms with Crippen molar-refractivity contribution in [2.75, 3.05) is 13.2 Å². The number of rotatable bonds is 63. The Balaban J connectivity index is 4.34. The highest BCUT2D eigenvalue weighted by Crippen LogP contribution is 2.16. The van der Waals surface area contributed by atoms with Crippen molar-refractivity contribution >= 4 is 17.9 Å². The molecule has 0 aromatic carbocycles. The summed E-state index contributed by atoms with van der Waals surface area (Å²) in [5.74, 6) is -0.887. The number of carbonyl (C=O) groups excluding carboxylic acids is 3. The third-order valence-corrected chi connectivity index (χ3v) is 15.0. The van der Waals surface area contributed by atoms with Crippen molar-refractivity contribution in [1.29, 1.82) is 0 Å². The van der Waals surface area contributed by atoms with Gasteiger partial charge in [-0.25, -0.2) is 0 Å². The smallest absolute Gasteiger partial charge is 0.306 e. The van der Waals surface area contributed by atoms with Crippen LogP contribution in [0.1, 0.15) is 335 Å². The third kappa shape index (κ3) is 66.9. The summed E-state index contributed by atoms with van der Waals surface area (Å²) in [6.45, 7) is 6.52. The molecule has 0 radical (unpaired) electrons. The Morgan fingerprint density at radius 2 is 0.476 bits per heavy atom. The molecule has 0 aliphatic carbocycles. The average molecular weight is 1140 g/mol. The van der Waals surface area contributed by atoms with Crippen molar-refractivity contribution in [2.24, 2.45) is 0 Å². The van der Waals surface area contributed by atoms with Crippen molar-refractivity contribution in [3.05, 3.63) is 109 Å². The van der Waals surface area contributed by atoms with E-state index in [4.69, 9.17) is 14.2 Å². The highest BCUT2D eigenvalue weighted by Gasteiger charge is 2.19. The molecule has 1 unspecified atom stereocenters. The lowest BCUT2D eigenvalue weighted by atomic mass is 10.1. The Kier molecular flexibility index (Phi) is 66.2. The van der Waals surface area contributed by atoms with E-state index in [1.807, 2.05) is 0 Å². The summed E-state index contributed by atoms with van der Waals surface area (Å²) in [6, 6.07) is 0. The van der Waals surface area contributed by atoms with E-state index < -0.39 is 6.10 Å². The molecule has 6 nitrogen and oxygen atoms in total. The van der Waals surface area contributed by atoms with Gasteiger partial charge in [-0.3, -0.25) is 14.4 Å². The lowest BCUT2D eigenvalue weighted by Crippen LogP contribution is -2.30. The summed E-state index contributed by atoms with van der Waals surface area (Å²) >= 11 is 0. The number of esters is 3. The second-order valence-electron chi connectivity index (χ2n) is 23.1. The summed E-state index contributed by atoms with van der Waals surface area (Å²) in [6.07, 6.45) is 95.3. The largest absolute Gasteiger partial charge is 0.462 e. The summed E-state index contributed by atoms with van der Waals surface area (Å²) in [5.41, 5.74) is 0. The summed E-state index contributed by atoms with van der Waals surface area (Å²) in [7, 11) is 0. The van der Waals surface area contributed by atoms with E-state index in [-0.39, 0.29) is 31.1 Å². The Morgan fingerprint density at radius 3 is 0.780 bits per heavy atom. The molecule has 6 heteroatoms. The van der Waals surface area contributed by atoms with Crippen molar-refractivity contribution in [3.63, 3.8) is 0 Å². The Labute approximate surface area is 508 Å². The van der Waals surface area contributed by atoms with E-state index in [9.17, 15) is 14.4 Å². The Bertz CT molecular complexity index is 1640. The summed E-state index contributed by atoms with van der Waals surface area (Å²) < 4.78 is 17.0. The van der Waals surface area contributed by atoms with Gasteiger partial charge in [0.2, 0.25) is 0 Å². The van der Waals surface area contributed by atoms with Gasteiger partial charge < -0.3 is 14.2 Å². The van der Waals surface area contributed by atoms with Gasteiger partial charge in [0.1, 0.15) is 13.2 Å². The third-order valence-electron chi connectivity index (χ3n) is 15.0. The van der Waals surface area contributed by atoms with Crippen molar-refractivity contribution in [2.45, 2.75) is 341 Å². The fraction of sp³-hybridized carbons (Fsp3) is 0.724. The quantitative estimate of drug-likeness (QED) is 0.0261. The monoisotopic (exact) mass is 1140 g/mol. The van der Waals surface area contributed by atoms with Crippen molar-refractivity contribution in [1.82, 2.24) is 0 Å². The number of allylic oxidation sites excluding steroid dienone is 18. The fourth-order valence-corrected chi connectivity index (χ4v) is 9.77. The molecule has 0 saturated heterocycles. The van der Waals surface area contributed by atoms with Crippen molar-refractivity contribution in [3.8, 4) is 0 Å². The molecule has 0 fully saturated rings. The zero-order chi connectivity index (χ0) is 59.2. The highest BCUT2D eigenvalue weighted by atomic mass is 16.6. The van der Waals surface area contributed by atoms with E-state index in [1.54, 1.807) is 0 Å². The van der Waals surface area contributed by atoms with Crippen LogP contribution >= 0.6 is 0 Å². The van der Waals surface area contributed by atoms with E-state index in [2.05, 4.69) is 130 Å². The van der Waals surface area contributed by atoms with Crippen LogP contribution in [0, 0.1) is 0 Å². The molecule has 0 aliphatic heterocycles. The Morgan fingerprint density at radius 1 is 0.256 bits per heavy atom. The van der Waals surface area contributed by atoms with Gasteiger partial charge in [-0.05, 0) is 128 Å². The van der Waals surface area contributed by atoms with Crippen LogP contribution in [-0.4, -0.2) is 37.2 Å². The minimum absolute atomic E-state index is 0.0838. The van der Waals surface area contributed by atoms with Gasteiger partial charge in [0.05, 0.1) is 0 Å². The zero-order valence-corrected chi connectivity index (χ0v) is 54.0. The SMILES string of the molecule is CC/C=C\C/C=C\C/C=C\C/C=C\C/C=C\C/C=C\CCCCCCCCCCCCC(=O)OCC(COC(=O)CCCCCCC/C=C\CCCCCCCCC)OC(=O)CCCCCCCCCCC/C=C\C/C=C\CCCCC. The number of ether oxygens (including phenoxy) is 3. The number of hydrogen-bond acceptors (Lipinski definition) is 6. The molecule has 0 aliphatic rings. The normalized spacial score (nSPS) is 12.8. The fourth-order valence-electron chi connectivity index (χ4n) is 9.77. The average Bonchev–Trinajstić information content (AvgIpc) is 3.47. The van der Waals surface area contributed by atoms with E-state index >= 15 is 0 Å². The van der Waals surface area contributed by atoms with Crippen LogP contribution < -0.4 is 0 Å². The standard InChI is InChI=1S/C76H130O6/c1-4-7-10-13-16-19-22-25-28-31-33-34-35-36-37-38-39-40-41-42-44-45-48-51-54-57-60-63-66-69-75(78)81-72-73(71-80-74(77)68-65-62-59-56-53-50-47-30-27-24-21-18-15-12-9-6-3)82-76(79)70-67-64-61-58-55-52-49-46-43-32-29-26-23-20-17-14-11-8-5-2/h7,10,16-17,19-20,25-26,28-30,33-34,36-37,39-40,47,73H,4-6,8-9,11-15,18,21-24,27,31-32,35,38,41-46,48-72H2,1-3H3/b10-7-,19-16-,20-17-,28-25-,29-26-,34-33-,37-36-,40-39-,47-30-. The predicted octanol–water partition coefficient (Wildman–Crippen LogP) is 24.2. The van der Waals surface area contributed by atoms with Crippen LogP contribution in [0.15, 0.2) is 109 Å². The molecule has 0 bridgehead atoms. The van der Waals surface area contributed by atoms with E-state index in [1.165, 1.54) is 186 Å². The number of carbonyl (C=O) groups is 3. The Hall–Kier alpha value is -3.93. The van der Waals surface area contributed by atoms with Gasteiger partial charge in [-0.1, -0.05) is 297 Å². The lowest BCUT2D eigenvalue weighted by molar-refractivity contribution is -0.167. The first kappa shape index (κ1) is 78.1. The van der Waals surface area contributed by atoms with E-state index in [0.29, 0.717) is 19.3 Å².